The number of rotatable bonds is 3. The first-order valence-electron chi connectivity index (χ1n) is 5.91. The summed E-state index contributed by atoms with van der Waals surface area (Å²) in [7, 11) is 3.80. The maximum absolute atomic E-state index is 13.2. The van der Waals surface area contributed by atoms with Crippen LogP contribution in [0.2, 0.25) is 0 Å². The van der Waals surface area contributed by atoms with Crippen LogP contribution in [-0.4, -0.2) is 72.7 Å². The summed E-state index contributed by atoms with van der Waals surface area (Å²) >= 11 is 0. The highest BCUT2D eigenvalue weighted by Gasteiger charge is 2.44. The van der Waals surface area contributed by atoms with E-state index in [0.717, 1.165) is 6.54 Å². The molecule has 0 aromatic carbocycles. The Hall–Kier alpha value is -0.790. The van der Waals surface area contributed by atoms with E-state index >= 15 is 0 Å². The standard InChI is InChI=1S/C10H20FN5O/c1-6(11)10-13-14-16(10)8-5-15(3)4-7(12-2)9(8)17/h6-10,12,17H,4-5H2,1-3H3/t6-,7-,8+,9+,10?/m0/s1. The van der Waals surface area contributed by atoms with Gasteiger partial charge in [-0.3, -0.25) is 0 Å². The average molecular weight is 245 g/mol. The minimum Gasteiger partial charge on any atom is -0.389 e. The summed E-state index contributed by atoms with van der Waals surface area (Å²) in [6, 6.07) is -0.225. The van der Waals surface area contributed by atoms with Gasteiger partial charge in [0.05, 0.1) is 12.1 Å². The number of piperidine rings is 1. The molecule has 2 aliphatic rings. The molecular formula is C10H20FN5O. The van der Waals surface area contributed by atoms with Crippen LogP contribution < -0.4 is 5.32 Å². The van der Waals surface area contributed by atoms with Gasteiger partial charge in [0.2, 0.25) is 0 Å². The van der Waals surface area contributed by atoms with Crippen LogP contribution in [0.1, 0.15) is 6.92 Å². The molecule has 1 saturated heterocycles. The van der Waals surface area contributed by atoms with Crippen molar-refractivity contribution in [3.63, 3.8) is 0 Å². The molecule has 0 aromatic rings. The highest BCUT2D eigenvalue weighted by Crippen LogP contribution is 2.27. The zero-order valence-electron chi connectivity index (χ0n) is 10.4. The minimum atomic E-state index is -1.07. The maximum atomic E-state index is 13.2. The fraction of sp³-hybridized carbons (Fsp3) is 1.00. The summed E-state index contributed by atoms with van der Waals surface area (Å²) in [5, 5.41) is 22.5. The Morgan fingerprint density at radius 1 is 1.47 bits per heavy atom. The van der Waals surface area contributed by atoms with E-state index in [1.165, 1.54) is 6.92 Å². The van der Waals surface area contributed by atoms with E-state index in [1.807, 2.05) is 14.1 Å². The molecule has 6 nitrogen and oxygen atoms in total. The lowest BCUT2D eigenvalue weighted by atomic mass is 9.96. The summed E-state index contributed by atoms with van der Waals surface area (Å²) in [6.45, 7) is 2.90. The summed E-state index contributed by atoms with van der Waals surface area (Å²) < 4.78 is 13.2. The van der Waals surface area contributed by atoms with Gasteiger partial charge in [-0.15, -0.1) is 5.11 Å². The average Bonchev–Trinajstić information content (AvgIpc) is 2.20. The van der Waals surface area contributed by atoms with Gasteiger partial charge in [0.15, 0.2) is 6.17 Å². The number of hydrogen-bond acceptors (Lipinski definition) is 6. The second-order valence-corrected chi connectivity index (χ2v) is 4.85. The SMILES string of the molecule is CN[C@H]1CN(C)C[C@@H](N2N=NC2[C@H](C)F)[C@@H]1O. The minimum absolute atomic E-state index is 0.0230. The van der Waals surface area contributed by atoms with Crippen LogP contribution in [0.15, 0.2) is 10.3 Å². The first-order valence-corrected chi connectivity index (χ1v) is 5.91. The topological polar surface area (TPSA) is 63.5 Å². The number of likely N-dealkylation sites (tertiary alicyclic amines) is 1. The van der Waals surface area contributed by atoms with Gasteiger partial charge in [0, 0.05) is 19.1 Å². The highest BCUT2D eigenvalue weighted by molar-refractivity contribution is 4.97. The van der Waals surface area contributed by atoms with Gasteiger partial charge in [-0.2, -0.15) is 0 Å². The molecule has 1 fully saturated rings. The van der Waals surface area contributed by atoms with Gasteiger partial charge in [-0.1, -0.05) is 5.22 Å². The Kier molecular flexibility index (Phi) is 3.60. The molecule has 2 heterocycles. The van der Waals surface area contributed by atoms with Crippen molar-refractivity contribution >= 4 is 0 Å². The normalized spacial score (nSPS) is 40.2. The summed E-state index contributed by atoms with van der Waals surface area (Å²) in [4.78, 5) is 2.10. The number of likely N-dealkylation sites (N-methyl/N-ethyl adjacent to an activating group) is 2. The van der Waals surface area contributed by atoms with Crippen molar-refractivity contribution in [1.82, 2.24) is 15.2 Å². The largest absolute Gasteiger partial charge is 0.389 e. The second kappa shape index (κ2) is 4.83. The van der Waals surface area contributed by atoms with Crippen LogP contribution in [0.4, 0.5) is 4.39 Å². The van der Waals surface area contributed by atoms with E-state index in [1.54, 1.807) is 5.01 Å². The second-order valence-electron chi connectivity index (χ2n) is 4.85. The molecule has 1 unspecified atom stereocenters. The first kappa shape index (κ1) is 12.7. The Balaban J connectivity index is 2.07. The van der Waals surface area contributed by atoms with Crippen LogP contribution in [0, 0.1) is 0 Å². The first-order chi connectivity index (χ1) is 8.04. The number of halogens is 1. The Bertz CT molecular complexity index is 300. The van der Waals surface area contributed by atoms with Crippen molar-refractivity contribution in [2.24, 2.45) is 10.3 Å². The van der Waals surface area contributed by atoms with E-state index in [4.69, 9.17) is 0 Å². The molecule has 2 aliphatic heterocycles. The quantitative estimate of drug-likeness (QED) is 0.711. The smallest absolute Gasteiger partial charge is 0.192 e. The Morgan fingerprint density at radius 2 is 2.18 bits per heavy atom. The Morgan fingerprint density at radius 3 is 2.65 bits per heavy atom. The van der Waals surface area contributed by atoms with Gasteiger partial charge >= 0.3 is 0 Å². The summed E-state index contributed by atoms with van der Waals surface area (Å²) in [5.41, 5.74) is 0. The molecule has 5 atom stereocenters. The number of hydrogen-bond donors (Lipinski definition) is 2. The molecule has 98 valence electrons. The van der Waals surface area contributed by atoms with Crippen molar-refractivity contribution in [3.05, 3.63) is 0 Å². The number of aliphatic hydroxyl groups excluding tert-OH is 1. The zero-order chi connectivity index (χ0) is 12.6. The van der Waals surface area contributed by atoms with Crippen molar-refractivity contribution in [2.45, 2.75) is 37.4 Å². The summed E-state index contributed by atoms with van der Waals surface area (Å²) in [5.74, 6) is 0. The van der Waals surface area contributed by atoms with Gasteiger partial charge in [0.1, 0.15) is 6.17 Å². The van der Waals surface area contributed by atoms with Crippen molar-refractivity contribution in [3.8, 4) is 0 Å². The van der Waals surface area contributed by atoms with Crippen LogP contribution in [0.3, 0.4) is 0 Å². The van der Waals surface area contributed by atoms with Gasteiger partial charge in [-0.25, -0.2) is 9.40 Å². The van der Waals surface area contributed by atoms with Gasteiger partial charge in [-0.05, 0) is 21.0 Å². The molecule has 0 aliphatic carbocycles. The van der Waals surface area contributed by atoms with Crippen molar-refractivity contribution in [1.29, 1.82) is 0 Å². The molecule has 0 bridgehead atoms. The predicted molar refractivity (Wildman–Crippen MR) is 61.2 cm³/mol. The predicted octanol–water partition coefficient (Wildman–Crippen LogP) is -0.384. The lowest BCUT2D eigenvalue weighted by Crippen LogP contribution is -2.66. The van der Waals surface area contributed by atoms with Crippen LogP contribution in [0.25, 0.3) is 0 Å². The van der Waals surface area contributed by atoms with Crippen LogP contribution in [0.5, 0.6) is 0 Å². The van der Waals surface area contributed by atoms with E-state index in [9.17, 15) is 9.50 Å². The molecule has 0 aromatic heterocycles. The molecule has 0 spiro atoms. The fourth-order valence-corrected chi connectivity index (χ4v) is 2.45. The lowest BCUT2D eigenvalue weighted by Gasteiger charge is -2.47. The van der Waals surface area contributed by atoms with Crippen molar-refractivity contribution < 1.29 is 9.50 Å². The third kappa shape index (κ3) is 2.27. The number of alkyl halides is 1. The van der Waals surface area contributed by atoms with Gasteiger partial charge < -0.3 is 15.3 Å². The molecule has 0 saturated carbocycles. The lowest BCUT2D eigenvalue weighted by molar-refractivity contribution is -0.0820. The highest BCUT2D eigenvalue weighted by atomic mass is 19.1. The third-order valence-corrected chi connectivity index (χ3v) is 3.48. The fourth-order valence-electron chi connectivity index (χ4n) is 2.45. The van der Waals surface area contributed by atoms with E-state index in [2.05, 4.69) is 20.6 Å². The van der Waals surface area contributed by atoms with Crippen LogP contribution in [-0.2, 0) is 0 Å². The zero-order valence-corrected chi connectivity index (χ0v) is 10.4. The molecule has 2 rings (SSSR count). The maximum Gasteiger partial charge on any atom is 0.192 e. The van der Waals surface area contributed by atoms with Crippen LogP contribution >= 0.6 is 0 Å². The third-order valence-electron chi connectivity index (χ3n) is 3.48. The summed E-state index contributed by atoms with van der Waals surface area (Å²) in [6.07, 6.45) is -2.17. The monoisotopic (exact) mass is 245 g/mol. The molecule has 2 N–H and O–H groups in total. The molecule has 17 heavy (non-hydrogen) atoms. The van der Waals surface area contributed by atoms with E-state index in [0.29, 0.717) is 6.54 Å². The molecule has 7 heteroatoms. The molecule has 0 radical (unpaired) electrons. The van der Waals surface area contributed by atoms with E-state index < -0.39 is 18.4 Å². The van der Waals surface area contributed by atoms with E-state index in [-0.39, 0.29) is 12.1 Å². The Labute approximate surface area is 100 Å². The number of nitrogens with zero attached hydrogens (tertiary/aromatic N) is 4. The molecule has 0 amide bonds. The van der Waals surface area contributed by atoms with Gasteiger partial charge in [0.25, 0.3) is 0 Å². The number of aliphatic hydroxyl groups is 1. The molecular weight excluding hydrogens is 225 g/mol. The van der Waals surface area contributed by atoms with Crippen molar-refractivity contribution in [2.75, 3.05) is 27.2 Å². The number of nitrogens with one attached hydrogen (secondary N) is 1.